The van der Waals surface area contributed by atoms with Gasteiger partial charge in [0.1, 0.15) is 12.0 Å². The van der Waals surface area contributed by atoms with Crippen LogP contribution >= 0.6 is 0 Å². The molecule has 0 spiro atoms. The summed E-state index contributed by atoms with van der Waals surface area (Å²) in [7, 11) is 1.79. The van der Waals surface area contributed by atoms with Crippen LogP contribution in [0.4, 0.5) is 11.5 Å². The van der Waals surface area contributed by atoms with E-state index in [0.29, 0.717) is 12.4 Å². The van der Waals surface area contributed by atoms with Crippen molar-refractivity contribution in [3.05, 3.63) is 27.9 Å². The minimum absolute atomic E-state index is 0.0216. The summed E-state index contributed by atoms with van der Waals surface area (Å²) in [5.74, 6) is 0.645. The number of aliphatic hydroxyl groups excluding tert-OH is 1. The van der Waals surface area contributed by atoms with E-state index < -0.39 is 11.0 Å². The monoisotopic (exact) mass is 225 g/mol. The Morgan fingerprint density at radius 3 is 2.75 bits per heavy atom. The molecule has 1 aromatic heterocycles. The first-order valence-corrected chi connectivity index (χ1v) is 4.92. The summed E-state index contributed by atoms with van der Waals surface area (Å²) in [6, 6.07) is 1.47. The van der Waals surface area contributed by atoms with Gasteiger partial charge in [-0.15, -0.1) is 0 Å². The highest BCUT2D eigenvalue weighted by molar-refractivity contribution is 5.49. The van der Waals surface area contributed by atoms with Gasteiger partial charge in [-0.25, -0.2) is 4.98 Å². The highest BCUT2D eigenvalue weighted by atomic mass is 16.6. The molecule has 88 valence electrons. The third-order valence-corrected chi connectivity index (χ3v) is 2.15. The van der Waals surface area contributed by atoms with E-state index in [1.165, 1.54) is 12.3 Å². The molecule has 0 amide bonds. The Morgan fingerprint density at radius 2 is 2.31 bits per heavy atom. The lowest BCUT2D eigenvalue weighted by molar-refractivity contribution is -0.385. The molecule has 1 N–H and O–H groups in total. The van der Waals surface area contributed by atoms with Crippen molar-refractivity contribution in [2.24, 2.45) is 0 Å². The molecular weight excluding hydrogens is 210 g/mol. The van der Waals surface area contributed by atoms with Gasteiger partial charge in [0.15, 0.2) is 0 Å². The molecule has 0 fully saturated rings. The Labute approximate surface area is 93.7 Å². The number of pyridine rings is 1. The first-order chi connectivity index (χ1) is 7.41. The Hall–Kier alpha value is -1.69. The van der Waals surface area contributed by atoms with Crippen molar-refractivity contribution in [1.82, 2.24) is 4.98 Å². The van der Waals surface area contributed by atoms with Crippen LogP contribution in [0.25, 0.3) is 0 Å². The second-order valence-electron chi connectivity index (χ2n) is 3.82. The lowest BCUT2D eigenvalue weighted by atomic mass is 10.2. The number of aromatic nitrogens is 1. The highest BCUT2D eigenvalue weighted by Gasteiger charge is 2.13. The summed E-state index contributed by atoms with van der Waals surface area (Å²) in [5, 5.41) is 19.8. The topological polar surface area (TPSA) is 79.5 Å². The van der Waals surface area contributed by atoms with Gasteiger partial charge < -0.3 is 10.0 Å². The van der Waals surface area contributed by atoms with Gasteiger partial charge in [-0.05, 0) is 19.4 Å². The van der Waals surface area contributed by atoms with Gasteiger partial charge in [-0.1, -0.05) is 0 Å². The van der Waals surface area contributed by atoms with E-state index in [4.69, 9.17) is 0 Å². The van der Waals surface area contributed by atoms with Crippen molar-refractivity contribution < 1.29 is 10.0 Å². The van der Waals surface area contributed by atoms with Gasteiger partial charge in [0.25, 0.3) is 5.69 Å². The molecule has 1 unspecified atom stereocenters. The summed E-state index contributed by atoms with van der Waals surface area (Å²) in [5.41, 5.74) is 0.698. The zero-order chi connectivity index (χ0) is 12.3. The molecule has 0 radical (unpaired) electrons. The van der Waals surface area contributed by atoms with Crippen LogP contribution < -0.4 is 4.90 Å². The lowest BCUT2D eigenvalue weighted by Crippen LogP contribution is -2.28. The van der Waals surface area contributed by atoms with E-state index in [1.54, 1.807) is 25.8 Å². The summed E-state index contributed by atoms with van der Waals surface area (Å²) in [6.45, 7) is 3.87. The van der Waals surface area contributed by atoms with Crippen molar-refractivity contribution in [3.63, 3.8) is 0 Å². The fourth-order valence-corrected chi connectivity index (χ4v) is 1.54. The van der Waals surface area contributed by atoms with E-state index in [1.807, 2.05) is 0 Å². The van der Waals surface area contributed by atoms with E-state index >= 15 is 0 Å². The number of hydrogen-bond acceptors (Lipinski definition) is 5. The molecule has 0 bridgehead atoms. The average molecular weight is 225 g/mol. The fraction of sp³-hybridized carbons (Fsp3) is 0.500. The van der Waals surface area contributed by atoms with Crippen LogP contribution in [-0.2, 0) is 0 Å². The Morgan fingerprint density at radius 1 is 1.69 bits per heavy atom. The van der Waals surface area contributed by atoms with E-state index in [0.717, 1.165) is 5.56 Å². The predicted molar refractivity (Wildman–Crippen MR) is 60.6 cm³/mol. The minimum Gasteiger partial charge on any atom is -0.392 e. The van der Waals surface area contributed by atoms with Crippen molar-refractivity contribution in [1.29, 1.82) is 0 Å². The van der Waals surface area contributed by atoms with Crippen LogP contribution in [0, 0.1) is 17.0 Å². The number of aliphatic hydroxyl groups is 1. The molecule has 0 aliphatic carbocycles. The number of rotatable bonds is 4. The summed E-state index contributed by atoms with van der Waals surface area (Å²) < 4.78 is 0. The van der Waals surface area contributed by atoms with Crippen LogP contribution in [0.15, 0.2) is 12.3 Å². The third-order valence-electron chi connectivity index (χ3n) is 2.15. The maximum absolute atomic E-state index is 10.5. The lowest BCUT2D eigenvalue weighted by Gasteiger charge is -2.21. The quantitative estimate of drug-likeness (QED) is 0.613. The zero-order valence-corrected chi connectivity index (χ0v) is 9.54. The Balaban J connectivity index is 2.94. The highest BCUT2D eigenvalue weighted by Crippen LogP contribution is 2.20. The Bertz CT molecular complexity index is 393. The maximum atomic E-state index is 10.5. The van der Waals surface area contributed by atoms with E-state index in [9.17, 15) is 15.2 Å². The molecule has 1 aromatic rings. The van der Waals surface area contributed by atoms with Crippen LogP contribution in [0.2, 0.25) is 0 Å². The van der Waals surface area contributed by atoms with Crippen LogP contribution in [-0.4, -0.2) is 34.7 Å². The van der Waals surface area contributed by atoms with E-state index in [-0.39, 0.29) is 5.69 Å². The fourth-order valence-electron chi connectivity index (χ4n) is 1.54. The standard InChI is InChI=1S/C10H15N3O3/c1-7-4-9(13(15)16)5-11-10(7)12(3)6-8(2)14/h4-5,8,14H,6H2,1-3H3. The third kappa shape index (κ3) is 2.90. The molecule has 0 saturated carbocycles. The second kappa shape index (κ2) is 4.89. The smallest absolute Gasteiger partial charge is 0.287 e. The van der Waals surface area contributed by atoms with Crippen molar-refractivity contribution in [2.75, 3.05) is 18.5 Å². The van der Waals surface area contributed by atoms with Crippen molar-refractivity contribution in [3.8, 4) is 0 Å². The number of hydrogen-bond donors (Lipinski definition) is 1. The molecule has 0 aliphatic rings. The average Bonchev–Trinajstić information content (AvgIpc) is 2.15. The van der Waals surface area contributed by atoms with Gasteiger partial charge >= 0.3 is 0 Å². The van der Waals surface area contributed by atoms with Gasteiger partial charge in [0.05, 0.1) is 11.0 Å². The summed E-state index contributed by atoms with van der Waals surface area (Å²) in [4.78, 5) is 15.8. The van der Waals surface area contributed by atoms with Crippen LogP contribution in [0.1, 0.15) is 12.5 Å². The normalized spacial score (nSPS) is 12.2. The molecule has 6 nitrogen and oxygen atoms in total. The molecule has 16 heavy (non-hydrogen) atoms. The first kappa shape index (κ1) is 12.4. The van der Waals surface area contributed by atoms with Crippen molar-refractivity contribution in [2.45, 2.75) is 20.0 Å². The molecule has 1 heterocycles. The van der Waals surface area contributed by atoms with Crippen LogP contribution in [0.3, 0.4) is 0 Å². The number of anilines is 1. The second-order valence-corrected chi connectivity index (χ2v) is 3.82. The van der Waals surface area contributed by atoms with E-state index in [2.05, 4.69) is 4.98 Å². The minimum atomic E-state index is -0.474. The molecular formula is C10H15N3O3. The number of aryl methyl sites for hydroxylation is 1. The molecule has 0 saturated heterocycles. The van der Waals surface area contributed by atoms with Gasteiger partial charge in [-0.3, -0.25) is 10.1 Å². The van der Waals surface area contributed by atoms with Gasteiger partial charge in [-0.2, -0.15) is 0 Å². The number of likely N-dealkylation sites (N-methyl/N-ethyl adjacent to an activating group) is 1. The maximum Gasteiger partial charge on any atom is 0.287 e. The molecule has 1 atom stereocenters. The number of nitro groups is 1. The van der Waals surface area contributed by atoms with Crippen molar-refractivity contribution >= 4 is 11.5 Å². The number of nitrogens with zero attached hydrogens (tertiary/aromatic N) is 3. The zero-order valence-electron chi connectivity index (χ0n) is 9.54. The van der Waals surface area contributed by atoms with Gasteiger partial charge in [0.2, 0.25) is 0 Å². The largest absolute Gasteiger partial charge is 0.392 e. The summed E-state index contributed by atoms with van der Waals surface area (Å²) in [6.07, 6.45) is 0.752. The first-order valence-electron chi connectivity index (χ1n) is 4.92. The van der Waals surface area contributed by atoms with Crippen LogP contribution in [0.5, 0.6) is 0 Å². The Kier molecular flexibility index (Phi) is 3.78. The molecule has 6 heteroatoms. The summed E-state index contributed by atoms with van der Waals surface area (Å²) >= 11 is 0. The molecule has 0 aliphatic heterocycles. The molecule has 1 rings (SSSR count). The SMILES string of the molecule is Cc1cc([N+](=O)[O-])cnc1N(C)CC(C)O. The molecule has 0 aromatic carbocycles. The predicted octanol–water partition coefficient (Wildman–Crippen LogP) is 1.12. The van der Waals surface area contributed by atoms with Gasteiger partial charge in [0, 0.05) is 19.7 Å².